The largest absolute Gasteiger partial charge is 0.497 e. The minimum Gasteiger partial charge on any atom is -0.497 e. The molecule has 0 aromatic heterocycles. The number of benzene rings is 2. The van der Waals surface area contributed by atoms with Gasteiger partial charge in [-0.3, -0.25) is 9.59 Å². The van der Waals surface area contributed by atoms with Crippen LogP contribution in [0.4, 0.5) is 11.4 Å². The Kier molecular flexibility index (Phi) is 7.68. The van der Waals surface area contributed by atoms with E-state index in [1.165, 1.54) is 0 Å². The van der Waals surface area contributed by atoms with E-state index in [4.69, 9.17) is 10.5 Å². The lowest BCUT2D eigenvalue weighted by Gasteiger charge is -2.07. The third kappa shape index (κ3) is 6.24. The number of ether oxygens (including phenoxy) is 1. The van der Waals surface area contributed by atoms with E-state index >= 15 is 0 Å². The number of unbranched alkanes of at least 4 members (excludes halogenated alkanes) is 3. The van der Waals surface area contributed by atoms with E-state index in [1.54, 1.807) is 43.5 Å². The molecule has 5 heteroatoms. The molecule has 3 N–H and O–H groups in total. The van der Waals surface area contributed by atoms with E-state index in [0.29, 0.717) is 29.8 Å². The number of anilines is 2. The lowest BCUT2D eigenvalue weighted by atomic mass is 10.0. The molecular formula is C21H26N2O3. The van der Waals surface area contributed by atoms with Crippen LogP contribution >= 0.6 is 0 Å². The monoisotopic (exact) mass is 354 g/mol. The van der Waals surface area contributed by atoms with E-state index in [1.807, 2.05) is 12.1 Å². The summed E-state index contributed by atoms with van der Waals surface area (Å²) in [6.45, 7) is 0. The Hall–Kier alpha value is -2.82. The van der Waals surface area contributed by atoms with Gasteiger partial charge in [0.05, 0.1) is 18.5 Å². The molecule has 138 valence electrons. The molecule has 0 spiro atoms. The standard InChI is InChI=1S/C21H26N2O3/c1-26-17-14-12-16(13-15-17)20(24)10-4-2-3-5-11-21(25)23-19-9-7-6-8-18(19)22/h6-9,12-15H,2-5,10-11,22H2,1H3,(H,23,25). The maximum absolute atomic E-state index is 12.1. The molecule has 0 saturated carbocycles. The molecule has 26 heavy (non-hydrogen) atoms. The van der Waals surface area contributed by atoms with Crippen LogP contribution < -0.4 is 15.8 Å². The van der Waals surface area contributed by atoms with E-state index < -0.39 is 0 Å². The predicted molar refractivity (Wildman–Crippen MR) is 105 cm³/mol. The number of hydrogen-bond donors (Lipinski definition) is 2. The van der Waals surface area contributed by atoms with Crippen LogP contribution in [0.3, 0.4) is 0 Å². The van der Waals surface area contributed by atoms with Gasteiger partial charge in [-0.15, -0.1) is 0 Å². The molecule has 0 saturated heterocycles. The molecule has 0 aliphatic heterocycles. The topological polar surface area (TPSA) is 81.4 Å². The van der Waals surface area contributed by atoms with Gasteiger partial charge in [-0.05, 0) is 49.2 Å². The maximum Gasteiger partial charge on any atom is 0.224 e. The number of methoxy groups -OCH3 is 1. The molecule has 0 unspecified atom stereocenters. The maximum atomic E-state index is 12.1. The van der Waals surface area contributed by atoms with Gasteiger partial charge in [0.15, 0.2) is 5.78 Å². The summed E-state index contributed by atoms with van der Waals surface area (Å²) in [5.74, 6) is 0.860. The zero-order chi connectivity index (χ0) is 18.8. The Bertz CT molecular complexity index is 726. The van der Waals surface area contributed by atoms with Crippen molar-refractivity contribution in [3.8, 4) is 5.75 Å². The first-order chi connectivity index (χ1) is 12.6. The molecule has 5 nitrogen and oxygen atoms in total. The summed E-state index contributed by atoms with van der Waals surface area (Å²) in [6, 6.07) is 14.4. The highest BCUT2D eigenvalue weighted by atomic mass is 16.5. The van der Waals surface area contributed by atoms with Crippen molar-refractivity contribution in [2.75, 3.05) is 18.2 Å². The smallest absolute Gasteiger partial charge is 0.224 e. The second-order valence-electron chi connectivity index (χ2n) is 6.20. The van der Waals surface area contributed by atoms with Crippen molar-refractivity contribution < 1.29 is 14.3 Å². The van der Waals surface area contributed by atoms with Crippen molar-refractivity contribution >= 4 is 23.1 Å². The number of para-hydroxylation sites is 2. The third-order valence-corrected chi connectivity index (χ3v) is 4.20. The van der Waals surface area contributed by atoms with Crippen molar-refractivity contribution in [3.63, 3.8) is 0 Å². The van der Waals surface area contributed by atoms with Gasteiger partial charge in [0.1, 0.15) is 5.75 Å². The average molecular weight is 354 g/mol. The Balaban J connectivity index is 1.59. The highest BCUT2D eigenvalue weighted by molar-refractivity contribution is 5.96. The van der Waals surface area contributed by atoms with Crippen LogP contribution in [0.25, 0.3) is 0 Å². The fourth-order valence-electron chi connectivity index (χ4n) is 2.67. The molecule has 0 fully saturated rings. The summed E-state index contributed by atoms with van der Waals surface area (Å²) in [5.41, 5.74) is 7.74. The normalized spacial score (nSPS) is 10.3. The van der Waals surface area contributed by atoms with E-state index in [0.717, 1.165) is 31.4 Å². The molecular weight excluding hydrogens is 328 g/mol. The van der Waals surface area contributed by atoms with Gasteiger partial charge >= 0.3 is 0 Å². The lowest BCUT2D eigenvalue weighted by molar-refractivity contribution is -0.116. The van der Waals surface area contributed by atoms with Crippen molar-refractivity contribution in [1.82, 2.24) is 0 Å². The first-order valence-electron chi connectivity index (χ1n) is 8.92. The summed E-state index contributed by atoms with van der Waals surface area (Å²) in [6.07, 6.45) is 4.48. The predicted octanol–water partition coefficient (Wildman–Crippen LogP) is 4.44. The van der Waals surface area contributed by atoms with Crippen LogP contribution in [0.15, 0.2) is 48.5 Å². The molecule has 2 aromatic rings. The number of rotatable bonds is 10. The van der Waals surface area contributed by atoms with Gasteiger partial charge in [-0.25, -0.2) is 0 Å². The van der Waals surface area contributed by atoms with E-state index in [-0.39, 0.29) is 11.7 Å². The average Bonchev–Trinajstić information content (AvgIpc) is 2.66. The van der Waals surface area contributed by atoms with Crippen molar-refractivity contribution in [2.24, 2.45) is 0 Å². The molecule has 2 rings (SSSR count). The summed E-state index contributed by atoms with van der Waals surface area (Å²) in [7, 11) is 1.60. The molecule has 0 heterocycles. The number of nitrogen functional groups attached to an aromatic ring is 1. The highest BCUT2D eigenvalue weighted by Crippen LogP contribution is 2.18. The van der Waals surface area contributed by atoms with Crippen LogP contribution in [0, 0.1) is 0 Å². The molecule has 0 bridgehead atoms. The van der Waals surface area contributed by atoms with Crippen LogP contribution in [-0.2, 0) is 4.79 Å². The number of ketones is 1. The SMILES string of the molecule is COc1ccc(C(=O)CCCCCCC(=O)Nc2ccccc2N)cc1. The minimum atomic E-state index is -0.0304. The second-order valence-corrected chi connectivity index (χ2v) is 6.20. The van der Waals surface area contributed by atoms with Crippen LogP contribution in [0.2, 0.25) is 0 Å². The van der Waals surface area contributed by atoms with Crippen molar-refractivity contribution in [1.29, 1.82) is 0 Å². The number of amides is 1. The summed E-state index contributed by atoms with van der Waals surface area (Å²) < 4.78 is 5.09. The van der Waals surface area contributed by atoms with Gasteiger partial charge in [-0.1, -0.05) is 25.0 Å². The third-order valence-electron chi connectivity index (χ3n) is 4.20. The number of hydrogen-bond acceptors (Lipinski definition) is 4. The lowest BCUT2D eigenvalue weighted by Crippen LogP contribution is -2.12. The zero-order valence-electron chi connectivity index (χ0n) is 15.2. The van der Waals surface area contributed by atoms with Crippen molar-refractivity contribution in [3.05, 3.63) is 54.1 Å². The number of nitrogens with two attached hydrogens (primary N) is 1. The Labute approximate surface area is 154 Å². The molecule has 0 radical (unpaired) electrons. The number of carbonyl (C=O) groups excluding carboxylic acids is 2. The molecule has 0 atom stereocenters. The van der Waals surface area contributed by atoms with Crippen LogP contribution in [0.5, 0.6) is 5.75 Å². The fourth-order valence-corrected chi connectivity index (χ4v) is 2.67. The fraction of sp³-hybridized carbons (Fsp3) is 0.333. The van der Waals surface area contributed by atoms with Gasteiger partial charge in [0, 0.05) is 18.4 Å². The Morgan fingerprint density at radius 3 is 2.23 bits per heavy atom. The zero-order valence-corrected chi connectivity index (χ0v) is 15.2. The van der Waals surface area contributed by atoms with Crippen LogP contribution in [0.1, 0.15) is 48.9 Å². The van der Waals surface area contributed by atoms with E-state index in [2.05, 4.69) is 5.32 Å². The number of carbonyl (C=O) groups is 2. The summed E-state index contributed by atoms with van der Waals surface area (Å²) in [5, 5.41) is 2.82. The quantitative estimate of drug-likeness (QED) is 0.375. The minimum absolute atomic E-state index is 0.0304. The number of nitrogens with one attached hydrogen (secondary N) is 1. The number of Topliss-reactive ketones (excluding diaryl/α,β-unsaturated/α-hetero) is 1. The van der Waals surface area contributed by atoms with Crippen molar-refractivity contribution in [2.45, 2.75) is 38.5 Å². The summed E-state index contributed by atoms with van der Waals surface area (Å²) >= 11 is 0. The molecule has 0 aliphatic carbocycles. The Morgan fingerprint density at radius 2 is 1.58 bits per heavy atom. The molecule has 1 amide bonds. The van der Waals surface area contributed by atoms with Gasteiger partial charge in [0.25, 0.3) is 0 Å². The van der Waals surface area contributed by atoms with E-state index in [9.17, 15) is 9.59 Å². The second kappa shape index (κ2) is 10.2. The molecule has 0 aliphatic rings. The Morgan fingerprint density at radius 1 is 0.923 bits per heavy atom. The van der Waals surface area contributed by atoms with Crippen LogP contribution in [-0.4, -0.2) is 18.8 Å². The summed E-state index contributed by atoms with van der Waals surface area (Å²) in [4.78, 5) is 24.0. The first-order valence-corrected chi connectivity index (χ1v) is 8.92. The highest BCUT2D eigenvalue weighted by Gasteiger charge is 2.07. The van der Waals surface area contributed by atoms with Gasteiger partial charge in [0.2, 0.25) is 5.91 Å². The van der Waals surface area contributed by atoms with Gasteiger partial charge < -0.3 is 15.8 Å². The first kappa shape index (κ1) is 19.5. The molecule has 2 aromatic carbocycles. The van der Waals surface area contributed by atoms with Gasteiger partial charge in [-0.2, -0.15) is 0 Å².